The lowest BCUT2D eigenvalue weighted by Crippen LogP contribution is -2.14. The molecule has 0 saturated heterocycles. The lowest BCUT2D eigenvalue weighted by molar-refractivity contribution is -0.139. The predicted molar refractivity (Wildman–Crippen MR) is 67.2 cm³/mol. The normalized spacial score (nSPS) is 16.2. The molecule has 1 atom stereocenters. The highest BCUT2D eigenvalue weighted by Crippen LogP contribution is 2.35. The average Bonchev–Trinajstić information content (AvgIpc) is 2.28. The molecule has 2 nitrogen and oxygen atoms in total. The first kappa shape index (κ1) is 11.4. The van der Waals surface area contributed by atoms with Gasteiger partial charge in [-0.05, 0) is 42.5 Å². The van der Waals surface area contributed by atoms with E-state index in [1.165, 1.54) is 5.56 Å². The standard InChI is InChI=1S/C13H13BrO2/c1-8(13(15)16)9-4-2-6-11-10(9)5-3-7-12(11)14/h3-5,7-8H,2,6H2,1H3,(H,15,16). The molecule has 0 saturated carbocycles. The highest BCUT2D eigenvalue weighted by molar-refractivity contribution is 9.10. The summed E-state index contributed by atoms with van der Waals surface area (Å²) in [6.07, 6.45) is 3.95. The lowest BCUT2D eigenvalue weighted by Gasteiger charge is -2.21. The van der Waals surface area contributed by atoms with Crippen molar-refractivity contribution in [2.24, 2.45) is 5.92 Å². The highest BCUT2D eigenvalue weighted by atomic mass is 79.9. The molecule has 1 aromatic rings. The van der Waals surface area contributed by atoms with E-state index in [0.717, 1.165) is 28.5 Å². The minimum atomic E-state index is -0.765. The molecule has 2 rings (SSSR count). The Labute approximate surface area is 103 Å². The van der Waals surface area contributed by atoms with E-state index < -0.39 is 11.9 Å². The fourth-order valence-corrected chi connectivity index (χ4v) is 2.67. The fourth-order valence-electron chi connectivity index (χ4n) is 2.11. The molecule has 0 spiro atoms. The van der Waals surface area contributed by atoms with E-state index in [1.54, 1.807) is 6.92 Å². The van der Waals surface area contributed by atoms with Crippen molar-refractivity contribution >= 4 is 27.5 Å². The van der Waals surface area contributed by atoms with E-state index in [9.17, 15) is 4.79 Å². The van der Waals surface area contributed by atoms with E-state index in [2.05, 4.69) is 15.9 Å². The first-order valence-corrected chi connectivity index (χ1v) is 6.11. The molecule has 0 amide bonds. The van der Waals surface area contributed by atoms with Crippen molar-refractivity contribution in [3.63, 3.8) is 0 Å². The van der Waals surface area contributed by atoms with Crippen LogP contribution in [0.4, 0.5) is 0 Å². The van der Waals surface area contributed by atoms with Gasteiger partial charge in [-0.1, -0.05) is 34.1 Å². The van der Waals surface area contributed by atoms with Gasteiger partial charge in [-0.15, -0.1) is 0 Å². The Balaban J connectivity index is 2.49. The molecule has 0 fully saturated rings. The minimum Gasteiger partial charge on any atom is -0.481 e. The summed E-state index contributed by atoms with van der Waals surface area (Å²) in [6, 6.07) is 5.97. The van der Waals surface area contributed by atoms with Gasteiger partial charge in [0.1, 0.15) is 0 Å². The average molecular weight is 281 g/mol. The molecule has 1 aliphatic carbocycles. The number of carboxylic acids is 1. The van der Waals surface area contributed by atoms with Crippen LogP contribution in [0.2, 0.25) is 0 Å². The SMILES string of the molecule is CC(C(=O)O)C1=CCCc2c(Br)cccc21. The summed E-state index contributed by atoms with van der Waals surface area (Å²) < 4.78 is 1.08. The molecular weight excluding hydrogens is 268 g/mol. The molecule has 0 radical (unpaired) electrons. The Morgan fingerprint density at radius 3 is 2.94 bits per heavy atom. The van der Waals surface area contributed by atoms with Gasteiger partial charge >= 0.3 is 5.97 Å². The van der Waals surface area contributed by atoms with Crippen molar-refractivity contribution in [2.45, 2.75) is 19.8 Å². The molecule has 1 N–H and O–H groups in total. The van der Waals surface area contributed by atoms with Crippen molar-refractivity contribution in [3.05, 3.63) is 39.9 Å². The molecule has 1 unspecified atom stereocenters. The topological polar surface area (TPSA) is 37.3 Å². The van der Waals surface area contributed by atoms with Crippen molar-refractivity contribution in [1.29, 1.82) is 0 Å². The molecular formula is C13H13BrO2. The summed E-state index contributed by atoms with van der Waals surface area (Å²) in [5, 5.41) is 9.08. The van der Waals surface area contributed by atoms with Crippen molar-refractivity contribution < 1.29 is 9.90 Å². The van der Waals surface area contributed by atoms with Crippen molar-refractivity contribution in [3.8, 4) is 0 Å². The van der Waals surface area contributed by atoms with Gasteiger partial charge in [0, 0.05) is 4.47 Å². The molecule has 0 aliphatic heterocycles. The number of benzene rings is 1. The molecule has 1 aromatic carbocycles. The third kappa shape index (κ3) is 1.92. The molecule has 0 aromatic heterocycles. The van der Waals surface area contributed by atoms with Crippen LogP contribution in [0.5, 0.6) is 0 Å². The van der Waals surface area contributed by atoms with Gasteiger partial charge in [0.2, 0.25) is 0 Å². The third-order valence-electron chi connectivity index (χ3n) is 3.03. The Morgan fingerprint density at radius 2 is 2.25 bits per heavy atom. The van der Waals surface area contributed by atoms with Crippen LogP contribution in [0.25, 0.3) is 5.57 Å². The van der Waals surface area contributed by atoms with Gasteiger partial charge in [0.05, 0.1) is 5.92 Å². The smallest absolute Gasteiger partial charge is 0.310 e. The first-order chi connectivity index (χ1) is 7.61. The van der Waals surface area contributed by atoms with Crippen LogP contribution >= 0.6 is 15.9 Å². The third-order valence-corrected chi connectivity index (χ3v) is 3.77. The fraction of sp³-hybridized carbons (Fsp3) is 0.308. The van der Waals surface area contributed by atoms with Gasteiger partial charge in [0.25, 0.3) is 0 Å². The number of fused-ring (bicyclic) bond motifs is 1. The zero-order chi connectivity index (χ0) is 11.7. The van der Waals surface area contributed by atoms with Crippen LogP contribution in [0, 0.1) is 5.92 Å². The molecule has 84 valence electrons. The Hall–Kier alpha value is -1.09. The minimum absolute atomic E-state index is 0.437. The molecule has 0 heterocycles. The van der Waals surface area contributed by atoms with Crippen LogP contribution in [0.1, 0.15) is 24.5 Å². The number of aliphatic carboxylic acids is 1. The van der Waals surface area contributed by atoms with Crippen LogP contribution in [-0.4, -0.2) is 11.1 Å². The molecule has 16 heavy (non-hydrogen) atoms. The summed E-state index contributed by atoms with van der Waals surface area (Å²) in [7, 11) is 0. The number of allylic oxidation sites excluding steroid dienone is 1. The largest absolute Gasteiger partial charge is 0.481 e. The molecule has 0 bridgehead atoms. The van der Waals surface area contributed by atoms with Gasteiger partial charge in [-0.2, -0.15) is 0 Å². The van der Waals surface area contributed by atoms with E-state index in [0.29, 0.717) is 0 Å². The summed E-state index contributed by atoms with van der Waals surface area (Å²) in [5.74, 6) is -1.20. The maximum atomic E-state index is 11.0. The lowest BCUT2D eigenvalue weighted by atomic mass is 9.84. The van der Waals surface area contributed by atoms with Gasteiger partial charge < -0.3 is 5.11 Å². The molecule has 1 aliphatic rings. The van der Waals surface area contributed by atoms with E-state index >= 15 is 0 Å². The Morgan fingerprint density at radius 1 is 1.50 bits per heavy atom. The summed E-state index contributed by atoms with van der Waals surface area (Å²) in [6.45, 7) is 1.74. The molecule has 3 heteroatoms. The number of carbonyl (C=O) groups is 1. The zero-order valence-corrected chi connectivity index (χ0v) is 10.6. The second-order valence-corrected chi connectivity index (χ2v) is 4.88. The number of rotatable bonds is 2. The van der Waals surface area contributed by atoms with E-state index in [1.807, 2.05) is 24.3 Å². The maximum Gasteiger partial charge on any atom is 0.310 e. The van der Waals surface area contributed by atoms with Crippen LogP contribution < -0.4 is 0 Å². The van der Waals surface area contributed by atoms with Crippen LogP contribution in [0.15, 0.2) is 28.7 Å². The van der Waals surface area contributed by atoms with Gasteiger partial charge in [-0.3, -0.25) is 4.79 Å². The number of hydrogen-bond acceptors (Lipinski definition) is 1. The van der Waals surface area contributed by atoms with Crippen LogP contribution in [0.3, 0.4) is 0 Å². The van der Waals surface area contributed by atoms with Gasteiger partial charge in [0.15, 0.2) is 0 Å². The summed E-state index contributed by atoms with van der Waals surface area (Å²) in [5.41, 5.74) is 3.25. The number of carboxylic acid groups (broad SMARTS) is 1. The number of hydrogen-bond donors (Lipinski definition) is 1. The quantitative estimate of drug-likeness (QED) is 0.900. The van der Waals surface area contributed by atoms with E-state index in [4.69, 9.17) is 5.11 Å². The maximum absolute atomic E-state index is 11.0. The zero-order valence-electron chi connectivity index (χ0n) is 9.03. The predicted octanol–water partition coefficient (Wildman–Crippen LogP) is 3.50. The second kappa shape index (κ2) is 4.42. The van der Waals surface area contributed by atoms with Crippen LogP contribution in [-0.2, 0) is 11.2 Å². The Bertz CT molecular complexity index is 463. The van der Waals surface area contributed by atoms with Crippen molar-refractivity contribution in [2.75, 3.05) is 0 Å². The number of halogens is 1. The monoisotopic (exact) mass is 280 g/mol. The highest BCUT2D eigenvalue weighted by Gasteiger charge is 2.23. The first-order valence-electron chi connectivity index (χ1n) is 5.32. The van der Waals surface area contributed by atoms with Gasteiger partial charge in [-0.25, -0.2) is 0 Å². The summed E-state index contributed by atoms with van der Waals surface area (Å²) in [4.78, 5) is 11.0. The van der Waals surface area contributed by atoms with E-state index in [-0.39, 0.29) is 0 Å². The Kier molecular flexibility index (Phi) is 3.15. The second-order valence-electron chi connectivity index (χ2n) is 4.02. The summed E-state index contributed by atoms with van der Waals surface area (Å²) >= 11 is 3.52. The van der Waals surface area contributed by atoms with Crippen molar-refractivity contribution in [1.82, 2.24) is 0 Å².